The lowest BCUT2D eigenvalue weighted by atomic mass is 9.88. The van der Waals surface area contributed by atoms with Crippen molar-refractivity contribution in [2.75, 3.05) is 26.4 Å². The van der Waals surface area contributed by atoms with Gasteiger partial charge in [0, 0.05) is 33.0 Å². The summed E-state index contributed by atoms with van der Waals surface area (Å²) in [6.45, 7) is 0.0459. The third kappa shape index (κ3) is 5.64. The lowest BCUT2D eigenvalue weighted by Crippen LogP contribution is -2.34. The van der Waals surface area contributed by atoms with Gasteiger partial charge >= 0.3 is 0 Å². The normalized spacial score (nSPS) is 12.8. The predicted molar refractivity (Wildman–Crippen MR) is 99.8 cm³/mol. The molecule has 2 aromatic carbocycles. The van der Waals surface area contributed by atoms with Gasteiger partial charge < -0.3 is 5.32 Å². The molecule has 0 spiro atoms. The fraction of sp³-hybridized carbons (Fsp3) is 0.316. The van der Waals surface area contributed by atoms with Crippen LogP contribution in [0.15, 0.2) is 54.6 Å². The maximum atomic E-state index is 13.2. The van der Waals surface area contributed by atoms with Crippen LogP contribution >= 0.6 is 0 Å². The van der Waals surface area contributed by atoms with Gasteiger partial charge in [-0.3, -0.25) is 4.79 Å². The molecular formula is C19H23FN2O3S. The Morgan fingerprint density at radius 3 is 2.19 bits per heavy atom. The molecule has 5 nitrogen and oxygen atoms in total. The summed E-state index contributed by atoms with van der Waals surface area (Å²) in [5.74, 6) is -0.975. The molecule has 1 amide bonds. The molecule has 0 aliphatic heterocycles. The quantitative estimate of drug-likeness (QED) is 0.767. The number of nitrogens with zero attached hydrogens (tertiary/aromatic N) is 1. The molecule has 1 N–H and O–H groups in total. The largest absolute Gasteiger partial charge is 0.355 e. The number of amides is 1. The Labute approximate surface area is 153 Å². The number of benzene rings is 2. The second kappa shape index (κ2) is 8.91. The summed E-state index contributed by atoms with van der Waals surface area (Å²) < 4.78 is 37.8. The lowest BCUT2D eigenvalue weighted by molar-refractivity contribution is -0.121. The van der Waals surface area contributed by atoms with Gasteiger partial charge in [-0.05, 0) is 23.3 Å². The first-order valence-corrected chi connectivity index (χ1v) is 9.88. The Hall–Kier alpha value is -2.25. The Bertz CT molecular complexity index is 822. The first-order chi connectivity index (χ1) is 12.3. The predicted octanol–water partition coefficient (Wildman–Crippen LogP) is 2.36. The molecule has 1 atom stereocenters. The zero-order valence-electron chi connectivity index (χ0n) is 14.9. The van der Waals surface area contributed by atoms with E-state index in [4.69, 9.17) is 0 Å². The van der Waals surface area contributed by atoms with E-state index in [1.807, 2.05) is 30.3 Å². The van der Waals surface area contributed by atoms with Crippen molar-refractivity contribution in [3.63, 3.8) is 0 Å². The van der Waals surface area contributed by atoms with Crippen molar-refractivity contribution >= 4 is 15.9 Å². The van der Waals surface area contributed by atoms with Crippen molar-refractivity contribution in [3.05, 3.63) is 71.5 Å². The van der Waals surface area contributed by atoms with Crippen LogP contribution in [0.4, 0.5) is 4.39 Å². The molecule has 0 saturated carbocycles. The maximum Gasteiger partial charge on any atom is 0.220 e. The van der Waals surface area contributed by atoms with Gasteiger partial charge in [-0.2, -0.15) is 0 Å². The standard InChI is InChI=1S/C19H23FN2O3S/c1-22(2)26(24,25)13-12-21-19(23)14-18(15-6-4-3-5-7-15)16-8-10-17(20)11-9-16/h3-11,18H,12-14H2,1-2H3,(H,21,23)/t18-/m1/s1. The van der Waals surface area contributed by atoms with E-state index in [1.54, 1.807) is 12.1 Å². The zero-order valence-corrected chi connectivity index (χ0v) is 15.7. The van der Waals surface area contributed by atoms with Gasteiger partial charge in [0.25, 0.3) is 0 Å². The molecule has 140 valence electrons. The van der Waals surface area contributed by atoms with Gasteiger partial charge in [0.05, 0.1) is 5.75 Å². The highest BCUT2D eigenvalue weighted by atomic mass is 32.2. The number of rotatable bonds is 8. The Morgan fingerprint density at radius 1 is 1.04 bits per heavy atom. The monoisotopic (exact) mass is 378 g/mol. The minimum absolute atomic E-state index is 0.0459. The molecule has 0 aliphatic rings. The minimum Gasteiger partial charge on any atom is -0.355 e. The summed E-state index contributed by atoms with van der Waals surface area (Å²) in [5, 5.41) is 2.66. The van der Waals surface area contributed by atoms with Crippen LogP contribution in [0.25, 0.3) is 0 Å². The number of nitrogens with one attached hydrogen (secondary N) is 1. The van der Waals surface area contributed by atoms with Crippen LogP contribution in [0.3, 0.4) is 0 Å². The maximum absolute atomic E-state index is 13.2. The fourth-order valence-corrected chi connectivity index (χ4v) is 3.29. The molecule has 0 fully saturated rings. The van der Waals surface area contributed by atoms with Crippen LogP contribution < -0.4 is 5.32 Å². The van der Waals surface area contributed by atoms with E-state index in [0.717, 1.165) is 15.4 Å². The van der Waals surface area contributed by atoms with Crippen LogP contribution in [0.5, 0.6) is 0 Å². The number of carbonyl (C=O) groups is 1. The number of hydrogen-bond acceptors (Lipinski definition) is 3. The smallest absolute Gasteiger partial charge is 0.220 e. The van der Waals surface area contributed by atoms with Gasteiger partial charge in [0.2, 0.25) is 15.9 Å². The number of carbonyl (C=O) groups excluding carboxylic acids is 1. The number of sulfonamides is 1. The molecule has 0 unspecified atom stereocenters. The summed E-state index contributed by atoms with van der Waals surface area (Å²) in [4.78, 5) is 12.3. The fourth-order valence-electron chi connectivity index (χ4n) is 2.57. The average molecular weight is 378 g/mol. The third-order valence-electron chi connectivity index (χ3n) is 4.10. The summed E-state index contributed by atoms with van der Waals surface area (Å²) in [7, 11) is -0.444. The van der Waals surface area contributed by atoms with Crippen LogP contribution in [-0.4, -0.2) is 45.0 Å². The molecule has 0 aromatic heterocycles. The molecule has 0 heterocycles. The summed E-state index contributed by atoms with van der Waals surface area (Å²) in [6.07, 6.45) is 0.150. The van der Waals surface area contributed by atoms with Crippen molar-refractivity contribution in [1.82, 2.24) is 9.62 Å². The van der Waals surface area contributed by atoms with Gasteiger partial charge in [0.15, 0.2) is 0 Å². The van der Waals surface area contributed by atoms with E-state index in [0.29, 0.717) is 0 Å². The van der Waals surface area contributed by atoms with Crippen molar-refractivity contribution < 1.29 is 17.6 Å². The molecule has 0 saturated heterocycles. The van der Waals surface area contributed by atoms with Gasteiger partial charge in [-0.25, -0.2) is 17.1 Å². The van der Waals surface area contributed by atoms with Crippen molar-refractivity contribution in [1.29, 1.82) is 0 Å². The average Bonchev–Trinajstić information content (AvgIpc) is 2.61. The summed E-state index contributed by atoms with van der Waals surface area (Å²) >= 11 is 0. The lowest BCUT2D eigenvalue weighted by Gasteiger charge is -2.18. The molecule has 2 aromatic rings. The molecule has 7 heteroatoms. The summed E-state index contributed by atoms with van der Waals surface area (Å²) in [6, 6.07) is 15.5. The van der Waals surface area contributed by atoms with Gasteiger partial charge in [-0.1, -0.05) is 42.5 Å². The van der Waals surface area contributed by atoms with Crippen molar-refractivity contribution in [2.24, 2.45) is 0 Å². The SMILES string of the molecule is CN(C)S(=O)(=O)CCNC(=O)C[C@H](c1ccccc1)c1ccc(F)cc1. The Morgan fingerprint density at radius 2 is 1.62 bits per heavy atom. The highest BCUT2D eigenvalue weighted by Crippen LogP contribution is 2.28. The second-order valence-corrected chi connectivity index (χ2v) is 8.47. The van der Waals surface area contributed by atoms with Crippen LogP contribution in [0, 0.1) is 5.82 Å². The van der Waals surface area contributed by atoms with E-state index in [-0.39, 0.29) is 36.4 Å². The highest BCUT2D eigenvalue weighted by Gasteiger charge is 2.19. The molecule has 0 radical (unpaired) electrons. The van der Waals surface area contributed by atoms with Gasteiger partial charge in [0.1, 0.15) is 5.82 Å². The molecule has 2 rings (SSSR count). The molecule has 26 heavy (non-hydrogen) atoms. The Balaban J connectivity index is 2.07. The molecular weight excluding hydrogens is 355 g/mol. The second-order valence-electron chi connectivity index (χ2n) is 6.17. The first-order valence-electron chi connectivity index (χ1n) is 8.27. The van der Waals surface area contributed by atoms with Crippen molar-refractivity contribution in [3.8, 4) is 0 Å². The van der Waals surface area contributed by atoms with E-state index in [2.05, 4.69) is 5.32 Å². The topological polar surface area (TPSA) is 66.5 Å². The van der Waals surface area contributed by atoms with Crippen LogP contribution in [-0.2, 0) is 14.8 Å². The van der Waals surface area contributed by atoms with Crippen LogP contribution in [0.2, 0.25) is 0 Å². The molecule has 0 aliphatic carbocycles. The van der Waals surface area contributed by atoms with E-state index in [1.165, 1.54) is 26.2 Å². The van der Waals surface area contributed by atoms with Crippen molar-refractivity contribution in [2.45, 2.75) is 12.3 Å². The third-order valence-corrected chi connectivity index (χ3v) is 5.94. The Kier molecular flexibility index (Phi) is 6.88. The summed E-state index contributed by atoms with van der Waals surface area (Å²) in [5.41, 5.74) is 1.77. The molecule has 0 bridgehead atoms. The van der Waals surface area contributed by atoms with Crippen LogP contribution in [0.1, 0.15) is 23.5 Å². The van der Waals surface area contributed by atoms with Gasteiger partial charge in [-0.15, -0.1) is 0 Å². The number of hydrogen-bond donors (Lipinski definition) is 1. The zero-order chi connectivity index (χ0) is 19.2. The van der Waals surface area contributed by atoms with E-state index < -0.39 is 10.0 Å². The minimum atomic E-state index is -3.35. The van der Waals surface area contributed by atoms with E-state index >= 15 is 0 Å². The highest BCUT2D eigenvalue weighted by molar-refractivity contribution is 7.89. The van der Waals surface area contributed by atoms with E-state index in [9.17, 15) is 17.6 Å². The number of halogens is 1. The first kappa shape index (κ1) is 20.1.